The average molecular weight is 265 g/mol. The van der Waals surface area contributed by atoms with Crippen LogP contribution in [0.1, 0.15) is 46.1 Å². The van der Waals surface area contributed by atoms with Gasteiger partial charge in [-0.1, -0.05) is 34.1 Å². The third kappa shape index (κ3) is 4.75. The van der Waals surface area contributed by atoms with Crippen molar-refractivity contribution in [2.75, 3.05) is 13.7 Å². The van der Waals surface area contributed by atoms with Gasteiger partial charge < -0.3 is 15.2 Å². The summed E-state index contributed by atoms with van der Waals surface area (Å²) < 4.78 is 11.2. The van der Waals surface area contributed by atoms with E-state index in [1.54, 1.807) is 7.11 Å². The predicted molar refractivity (Wildman–Crippen MR) is 80.1 cm³/mol. The van der Waals surface area contributed by atoms with E-state index in [0.717, 1.165) is 29.9 Å². The molecule has 2 N–H and O–H groups in total. The molecule has 1 unspecified atom stereocenters. The van der Waals surface area contributed by atoms with Gasteiger partial charge in [-0.15, -0.1) is 0 Å². The number of ether oxygens (including phenoxy) is 2. The molecule has 0 aliphatic carbocycles. The van der Waals surface area contributed by atoms with E-state index < -0.39 is 0 Å². The minimum Gasteiger partial charge on any atom is -0.497 e. The Hall–Kier alpha value is -1.22. The molecule has 1 aromatic carbocycles. The molecule has 0 aliphatic heterocycles. The van der Waals surface area contributed by atoms with Crippen LogP contribution in [0.3, 0.4) is 0 Å². The molecule has 0 saturated carbocycles. The first kappa shape index (κ1) is 15.8. The largest absolute Gasteiger partial charge is 0.497 e. The van der Waals surface area contributed by atoms with Gasteiger partial charge in [0, 0.05) is 11.6 Å². The minimum absolute atomic E-state index is 0.0126. The maximum absolute atomic E-state index is 6.00. The van der Waals surface area contributed by atoms with Crippen LogP contribution in [-0.4, -0.2) is 19.8 Å². The summed E-state index contributed by atoms with van der Waals surface area (Å²) in [5.41, 5.74) is 7.16. The van der Waals surface area contributed by atoms with Crippen LogP contribution >= 0.6 is 0 Å². The first-order chi connectivity index (χ1) is 8.88. The van der Waals surface area contributed by atoms with Crippen LogP contribution in [0.5, 0.6) is 11.5 Å². The van der Waals surface area contributed by atoms with Crippen molar-refractivity contribution in [3.63, 3.8) is 0 Å². The summed E-state index contributed by atoms with van der Waals surface area (Å²) in [6.07, 6.45) is 2.07. The Labute approximate surface area is 117 Å². The van der Waals surface area contributed by atoms with Crippen LogP contribution in [0, 0.1) is 0 Å². The smallest absolute Gasteiger partial charge is 0.123 e. The Kier molecular flexibility index (Phi) is 5.67. The van der Waals surface area contributed by atoms with E-state index in [1.807, 2.05) is 18.2 Å². The van der Waals surface area contributed by atoms with Crippen molar-refractivity contribution in [2.45, 2.75) is 52.0 Å². The Morgan fingerprint density at radius 2 is 1.95 bits per heavy atom. The summed E-state index contributed by atoms with van der Waals surface area (Å²) >= 11 is 0. The van der Waals surface area contributed by atoms with E-state index in [-0.39, 0.29) is 11.5 Å². The molecule has 1 rings (SSSR count). The lowest BCUT2D eigenvalue weighted by Gasteiger charge is -2.24. The van der Waals surface area contributed by atoms with Crippen LogP contribution in [0.15, 0.2) is 18.2 Å². The number of hydrogen-bond acceptors (Lipinski definition) is 3. The monoisotopic (exact) mass is 265 g/mol. The fourth-order valence-corrected chi connectivity index (χ4v) is 2.00. The maximum atomic E-state index is 6.00. The SMILES string of the molecule is CCCC(N)COc1ccc(OC)cc1C(C)(C)C. The van der Waals surface area contributed by atoms with Crippen LogP contribution in [-0.2, 0) is 5.41 Å². The second-order valence-electron chi connectivity index (χ2n) is 5.97. The normalized spacial score (nSPS) is 13.2. The third-order valence-corrected chi connectivity index (χ3v) is 3.11. The molecule has 0 fully saturated rings. The van der Waals surface area contributed by atoms with Gasteiger partial charge in [0.2, 0.25) is 0 Å². The van der Waals surface area contributed by atoms with Crippen LogP contribution in [0.2, 0.25) is 0 Å². The van der Waals surface area contributed by atoms with E-state index in [2.05, 4.69) is 27.7 Å². The molecule has 1 atom stereocenters. The molecule has 19 heavy (non-hydrogen) atoms. The lowest BCUT2D eigenvalue weighted by atomic mass is 9.86. The molecule has 0 saturated heterocycles. The second-order valence-corrected chi connectivity index (χ2v) is 5.97. The maximum Gasteiger partial charge on any atom is 0.123 e. The summed E-state index contributed by atoms with van der Waals surface area (Å²) in [5.74, 6) is 1.76. The van der Waals surface area contributed by atoms with Crippen molar-refractivity contribution in [3.8, 4) is 11.5 Å². The van der Waals surface area contributed by atoms with Gasteiger partial charge in [0.05, 0.1) is 7.11 Å². The second kappa shape index (κ2) is 6.80. The number of benzene rings is 1. The summed E-state index contributed by atoms with van der Waals surface area (Å²) in [6, 6.07) is 6.04. The number of rotatable bonds is 6. The van der Waals surface area contributed by atoms with Crippen molar-refractivity contribution in [1.29, 1.82) is 0 Å². The highest BCUT2D eigenvalue weighted by Crippen LogP contribution is 2.34. The number of methoxy groups -OCH3 is 1. The van der Waals surface area contributed by atoms with Crippen molar-refractivity contribution in [1.82, 2.24) is 0 Å². The Morgan fingerprint density at radius 1 is 1.26 bits per heavy atom. The van der Waals surface area contributed by atoms with Gasteiger partial charge in [0.1, 0.15) is 18.1 Å². The zero-order valence-corrected chi connectivity index (χ0v) is 12.8. The van der Waals surface area contributed by atoms with Gasteiger partial charge in [-0.2, -0.15) is 0 Å². The van der Waals surface area contributed by atoms with Crippen molar-refractivity contribution < 1.29 is 9.47 Å². The molecule has 0 aromatic heterocycles. The van der Waals surface area contributed by atoms with Gasteiger partial charge in [-0.05, 0) is 30.0 Å². The van der Waals surface area contributed by atoms with Gasteiger partial charge in [0.15, 0.2) is 0 Å². The van der Waals surface area contributed by atoms with E-state index in [1.165, 1.54) is 0 Å². The molecular formula is C16H27NO2. The van der Waals surface area contributed by atoms with Crippen LogP contribution in [0.25, 0.3) is 0 Å². The van der Waals surface area contributed by atoms with E-state index in [4.69, 9.17) is 15.2 Å². The van der Waals surface area contributed by atoms with E-state index >= 15 is 0 Å². The van der Waals surface area contributed by atoms with Gasteiger partial charge in [-0.3, -0.25) is 0 Å². The molecule has 0 heterocycles. The Morgan fingerprint density at radius 3 is 2.47 bits per heavy atom. The van der Waals surface area contributed by atoms with Crippen molar-refractivity contribution in [3.05, 3.63) is 23.8 Å². The van der Waals surface area contributed by atoms with Crippen molar-refractivity contribution >= 4 is 0 Å². The summed E-state index contributed by atoms with van der Waals surface area (Å²) in [7, 11) is 1.68. The number of nitrogens with two attached hydrogens (primary N) is 1. The standard InChI is InChI=1S/C16H27NO2/c1-6-7-12(17)11-19-15-9-8-13(18-5)10-14(15)16(2,3)4/h8-10,12H,6-7,11,17H2,1-5H3. The molecule has 0 amide bonds. The molecule has 3 nitrogen and oxygen atoms in total. The third-order valence-electron chi connectivity index (χ3n) is 3.11. The highest BCUT2D eigenvalue weighted by molar-refractivity contribution is 5.44. The topological polar surface area (TPSA) is 44.5 Å². The van der Waals surface area contributed by atoms with Crippen molar-refractivity contribution in [2.24, 2.45) is 5.73 Å². The average Bonchev–Trinajstić information content (AvgIpc) is 2.35. The van der Waals surface area contributed by atoms with E-state index in [9.17, 15) is 0 Å². The summed E-state index contributed by atoms with van der Waals surface area (Å²) in [6.45, 7) is 9.19. The fraction of sp³-hybridized carbons (Fsp3) is 0.625. The number of hydrogen-bond donors (Lipinski definition) is 1. The zero-order valence-electron chi connectivity index (χ0n) is 12.8. The summed E-state index contributed by atoms with van der Waals surface area (Å²) in [5, 5.41) is 0. The molecule has 0 bridgehead atoms. The van der Waals surface area contributed by atoms with Crippen LogP contribution in [0.4, 0.5) is 0 Å². The van der Waals surface area contributed by atoms with Gasteiger partial charge in [-0.25, -0.2) is 0 Å². The lowest BCUT2D eigenvalue weighted by molar-refractivity contribution is 0.274. The molecule has 1 aromatic rings. The highest BCUT2D eigenvalue weighted by atomic mass is 16.5. The van der Waals surface area contributed by atoms with Gasteiger partial charge in [0.25, 0.3) is 0 Å². The molecule has 0 radical (unpaired) electrons. The summed E-state index contributed by atoms with van der Waals surface area (Å²) in [4.78, 5) is 0. The van der Waals surface area contributed by atoms with Crippen LogP contribution < -0.4 is 15.2 Å². The minimum atomic E-state index is 0.0126. The Balaban J connectivity index is 2.87. The lowest BCUT2D eigenvalue weighted by Crippen LogP contribution is -2.28. The molecule has 0 spiro atoms. The predicted octanol–water partition coefficient (Wildman–Crippen LogP) is 3.50. The van der Waals surface area contributed by atoms with Gasteiger partial charge >= 0.3 is 0 Å². The van der Waals surface area contributed by atoms with E-state index in [0.29, 0.717) is 6.61 Å². The quantitative estimate of drug-likeness (QED) is 0.856. The molecule has 0 aliphatic rings. The Bertz CT molecular complexity index is 396. The highest BCUT2D eigenvalue weighted by Gasteiger charge is 2.20. The fourth-order valence-electron chi connectivity index (χ4n) is 2.00. The molecule has 3 heteroatoms. The zero-order chi connectivity index (χ0) is 14.5. The molecular weight excluding hydrogens is 238 g/mol. The molecule has 108 valence electrons. The first-order valence-electron chi connectivity index (χ1n) is 6.95. The first-order valence-corrected chi connectivity index (χ1v) is 6.95.